The van der Waals surface area contributed by atoms with Crippen LogP contribution in [0.25, 0.3) is 11.1 Å². The SMILES string of the molecule is CC1CCC1.O=S(c1ccc(-c2ccc(O)cc2)cc1)N1CCN=C1N1CCN(C2CCC2)CC1. The van der Waals surface area contributed by atoms with Gasteiger partial charge in [-0.1, -0.05) is 56.9 Å². The lowest BCUT2D eigenvalue weighted by Gasteiger charge is -2.44. The van der Waals surface area contributed by atoms with Gasteiger partial charge in [-0.3, -0.25) is 14.2 Å². The number of aliphatic imine (C=N–C) groups is 1. The second kappa shape index (κ2) is 11.1. The van der Waals surface area contributed by atoms with Crippen molar-refractivity contribution in [1.29, 1.82) is 0 Å². The summed E-state index contributed by atoms with van der Waals surface area (Å²) in [5, 5.41) is 9.47. The van der Waals surface area contributed by atoms with Crippen molar-refractivity contribution in [3.63, 3.8) is 0 Å². The van der Waals surface area contributed by atoms with Gasteiger partial charge in [0.05, 0.1) is 18.0 Å². The lowest BCUT2D eigenvalue weighted by atomic mass is 9.88. The third kappa shape index (κ3) is 5.72. The molecule has 0 radical (unpaired) electrons. The average molecular weight is 495 g/mol. The van der Waals surface area contributed by atoms with Gasteiger partial charge in [0.2, 0.25) is 5.96 Å². The van der Waals surface area contributed by atoms with Crippen molar-refractivity contribution in [1.82, 2.24) is 14.1 Å². The third-order valence-corrected chi connectivity index (χ3v) is 9.24. The highest BCUT2D eigenvalue weighted by molar-refractivity contribution is 7.83. The first-order valence-corrected chi connectivity index (χ1v) is 14.3. The molecule has 2 aliphatic heterocycles. The number of aromatic hydroxyl groups is 1. The summed E-state index contributed by atoms with van der Waals surface area (Å²) in [4.78, 5) is 10.4. The summed E-state index contributed by atoms with van der Waals surface area (Å²) in [5.41, 5.74) is 2.07. The molecular formula is C28H38N4O2S. The molecule has 35 heavy (non-hydrogen) atoms. The number of hydrogen-bond donors (Lipinski definition) is 1. The van der Waals surface area contributed by atoms with E-state index in [1.54, 1.807) is 12.1 Å². The summed E-state index contributed by atoms with van der Waals surface area (Å²) in [6.45, 7) is 7.78. The third-order valence-electron chi connectivity index (χ3n) is 7.82. The average Bonchev–Trinajstić information content (AvgIpc) is 3.33. The smallest absolute Gasteiger partial charge is 0.209 e. The number of rotatable bonds is 4. The van der Waals surface area contributed by atoms with Crippen LogP contribution in [0.15, 0.2) is 58.4 Å². The molecule has 2 aliphatic carbocycles. The number of benzene rings is 2. The number of phenolic OH excluding ortho intramolecular Hbond substituents is 1. The summed E-state index contributed by atoms with van der Waals surface area (Å²) < 4.78 is 15.3. The monoisotopic (exact) mass is 494 g/mol. The first-order chi connectivity index (χ1) is 17.1. The second-order valence-corrected chi connectivity index (χ2v) is 11.7. The van der Waals surface area contributed by atoms with Crippen LogP contribution in [0.4, 0.5) is 0 Å². The minimum atomic E-state index is -1.26. The zero-order valence-electron chi connectivity index (χ0n) is 20.8. The molecule has 6 rings (SSSR count). The molecule has 2 aromatic rings. The van der Waals surface area contributed by atoms with Crippen LogP contribution in [-0.2, 0) is 11.0 Å². The summed E-state index contributed by atoms with van der Waals surface area (Å²) in [5.74, 6) is 2.21. The van der Waals surface area contributed by atoms with Gasteiger partial charge in [0.15, 0.2) is 11.0 Å². The van der Waals surface area contributed by atoms with E-state index in [0.29, 0.717) is 13.1 Å². The van der Waals surface area contributed by atoms with Gasteiger partial charge < -0.3 is 10.0 Å². The van der Waals surface area contributed by atoms with Gasteiger partial charge in [-0.15, -0.1) is 0 Å². The highest BCUT2D eigenvalue weighted by Crippen LogP contribution is 2.27. The molecule has 0 amide bonds. The van der Waals surface area contributed by atoms with E-state index in [1.807, 2.05) is 40.7 Å². The van der Waals surface area contributed by atoms with E-state index in [9.17, 15) is 9.32 Å². The Labute approximate surface area is 212 Å². The van der Waals surface area contributed by atoms with Crippen molar-refractivity contribution >= 4 is 16.9 Å². The first kappa shape index (κ1) is 24.3. The molecule has 1 atom stereocenters. The van der Waals surface area contributed by atoms with Gasteiger partial charge in [0, 0.05) is 32.2 Å². The number of hydrogen-bond acceptors (Lipinski definition) is 5. The van der Waals surface area contributed by atoms with Crippen LogP contribution >= 0.6 is 0 Å². The van der Waals surface area contributed by atoms with Gasteiger partial charge in [-0.05, 0) is 54.2 Å². The van der Waals surface area contributed by atoms with Crippen LogP contribution in [0, 0.1) is 5.92 Å². The van der Waals surface area contributed by atoms with E-state index < -0.39 is 11.0 Å². The van der Waals surface area contributed by atoms with Gasteiger partial charge >= 0.3 is 0 Å². The van der Waals surface area contributed by atoms with E-state index in [2.05, 4.69) is 16.7 Å². The maximum atomic E-state index is 13.3. The fourth-order valence-corrected chi connectivity index (χ4v) is 6.22. The number of phenols is 1. The Morgan fingerprint density at radius 2 is 1.40 bits per heavy atom. The minimum Gasteiger partial charge on any atom is -0.508 e. The molecule has 6 nitrogen and oxygen atoms in total. The number of nitrogens with zero attached hydrogens (tertiary/aromatic N) is 4. The molecule has 2 aromatic carbocycles. The Morgan fingerprint density at radius 3 is 1.91 bits per heavy atom. The Hall–Kier alpha value is -2.38. The fourth-order valence-electron chi connectivity index (χ4n) is 5.03. The summed E-state index contributed by atoms with van der Waals surface area (Å²) >= 11 is 0. The predicted molar refractivity (Wildman–Crippen MR) is 143 cm³/mol. The predicted octanol–water partition coefficient (Wildman–Crippen LogP) is 4.73. The molecule has 0 aromatic heterocycles. The quantitative estimate of drug-likeness (QED) is 0.668. The number of piperazine rings is 1. The van der Waals surface area contributed by atoms with Crippen molar-refractivity contribution in [2.24, 2.45) is 10.9 Å². The Bertz CT molecular complexity index is 1020. The lowest BCUT2D eigenvalue weighted by Crippen LogP contribution is -2.55. The molecule has 7 heteroatoms. The van der Waals surface area contributed by atoms with Crippen LogP contribution < -0.4 is 0 Å². The highest BCUT2D eigenvalue weighted by Gasteiger charge is 2.33. The van der Waals surface area contributed by atoms with Crippen molar-refractivity contribution < 1.29 is 9.32 Å². The van der Waals surface area contributed by atoms with Crippen LogP contribution in [0.2, 0.25) is 0 Å². The molecule has 0 bridgehead atoms. The molecule has 188 valence electrons. The molecule has 1 unspecified atom stereocenters. The van der Waals surface area contributed by atoms with Gasteiger partial charge in [0.25, 0.3) is 0 Å². The molecule has 3 fully saturated rings. The fraction of sp³-hybridized carbons (Fsp3) is 0.536. The molecule has 1 saturated heterocycles. The van der Waals surface area contributed by atoms with Gasteiger partial charge in [-0.2, -0.15) is 0 Å². The van der Waals surface area contributed by atoms with E-state index >= 15 is 0 Å². The van der Waals surface area contributed by atoms with Crippen molar-refractivity contribution in [3.05, 3.63) is 48.5 Å². The number of guanidine groups is 1. The minimum absolute atomic E-state index is 0.255. The first-order valence-electron chi connectivity index (χ1n) is 13.2. The van der Waals surface area contributed by atoms with Crippen molar-refractivity contribution in [3.8, 4) is 16.9 Å². The molecule has 2 saturated carbocycles. The largest absolute Gasteiger partial charge is 0.508 e. The Kier molecular flexibility index (Phi) is 7.73. The lowest BCUT2D eigenvalue weighted by molar-refractivity contribution is 0.0834. The van der Waals surface area contributed by atoms with Crippen LogP contribution in [0.1, 0.15) is 45.4 Å². The standard InChI is InChI=1S/C23H28N4O2S.C5H10/c28-21-8-4-18(5-9-21)19-6-10-22(11-7-19)30(29)27-13-12-24-23(27)26-16-14-25(15-17-26)20-2-1-3-20;1-5-3-2-4-5/h4-11,20,28H,1-3,12-17H2;5H,2-4H2,1H3. The topological polar surface area (TPSA) is 59.4 Å². The second-order valence-electron chi connectivity index (χ2n) is 10.2. The highest BCUT2D eigenvalue weighted by atomic mass is 32.2. The molecule has 0 spiro atoms. The summed E-state index contributed by atoms with van der Waals surface area (Å²) in [6.07, 6.45) is 8.52. The maximum absolute atomic E-state index is 13.3. The Morgan fingerprint density at radius 1 is 0.829 bits per heavy atom. The van der Waals surface area contributed by atoms with Crippen LogP contribution in [-0.4, -0.2) is 74.7 Å². The van der Waals surface area contributed by atoms with E-state index in [1.165, 1.54) is 38.5 Å². The van der Waals surface area contributed by atoms with Crippen molar-refractivity contribution in [2.75, 3.05) is 39.3 Å². The Balaban J connectivity index is 0.000000453. The van der Waals surface area contributed by atoms with Crippen LogP contribution in [0.5, 0.6) is 5.75 Å². The van der Waals surface area contributed by atoms with E-state index in [4.69, 9.17) is 4.99 Å². The molecule has 1 N–H and O–H groups in total. The van der Waals surface area contributed by atoms with Crippen LogP contribution in [0.3, 0.4) is 0 Å². The molecule has 2 heterocycles. The van der Waals surface area contributed by atoms with Gasteiger partial charge in [0.1, 0.15) is 5.75 Å². The zero-order valence-corrected chi connectivity index (χ0v) is 21.6. The molecular weight excluding hydrogens is 456 g/mol. The maximum Gasteiger partial charge on any atom is 0.209 e. The summed E-state index contributed by atoms with van der Waals surface area (Å²) in [6, 6.07) is 15.8. The van der Waals surface area contributed by atoms with E-state index in [-0.39, 0.29) is 5.75 Å². The van der Waals surface area contributed by atoms with Gasteiger partial charge in [-0.25, -0.2) is 4.21 Å². The molecule has 4 aliphatic rings. The normalized spacial score (nSPS) is 22.0. The zero-order chi connectivity index (χ0) is 24.2. The van der Waals surface area contributed by atoms with Crippen molar-refractivity contribution in [2.45, 2.75) is 56.4 Å². The summed E-state index contributed by atoms with van der Waals surface area (Å²) in [7, 11) is -1.26. The van der Waals surface area contributed by atoms with E-state index in [0.717, 1.165) is 60.1 Å².